The number of aryl methyl sites for hydroxylation is 1. The van der Waals surface area contributed by atoms with Crippen LogP contribution in [-0.4, -0.2) is 20.2 Å². The molecule has 2 aromatic heterocycles. The second-order valence-electron chi connectivity index (χ2n) is 5.59. The molecule has 7 heteroatoms. The van der Waals surface area contributed by atoms with Crippen LogP contribution in [0.2, 0.25) is 5.02 Å². The van der Waals surface area contributed by atoms with Crippen molar-refractivity contribution in [1.29, 1.82) is 0 Å². The number of rotatable bonds is 3. The second kappa shape index (κ2) is 6.14. The fourth-order valence-electron chi connectivity index (χ4n) is 2.60. The number of halogens is 2. The van der Waals surface area contributed by atoms with Gasteiger partial charge < -0.3 is 5.32 Å². The van der Waals surface area contributed by atoms with Gasteiger partial charge in [-0.25, -0.2) is 14.4 Å². The fraction of sp³-hybridized carbons (Fsp3) is 0.0556. The van der Waals surface area contributed by atoms with Crippen molar-refractivity contribution in [2.75, 3.05) is 5.32 Å². The van der Waals surface area contributed by atoms with Gasteiger partial charge in [0.25, 0.3) is 0 Å². The van der Waals surface area contributed by atoms with Crippen LogP contribution in [0.5, 0.6) is 0 Å². The Morgan fingerprint density at radius 1 is 1.08 bits per heavy atom. The van der Waals surface area contributed by atoms with E-state index < -0.39 is 0 Å². The van der Waals surface area contributed by atoms with E-state index in [1.807, 2.05) is 25.1 Å². The van der Waals surface area contributed by atoms with Crippen LogP contribution in [-0.2, 0) is 0 Å². The largest absolute Gasteiger partial charge is 0.323 e. The average molecular weight is 354 g/mol. The summed E-state index contributed by atoms with van der Waals surface area (Å²) in [6.45, 7) is 1.87. The van der Waals surface area contributed by atoms with E-state index in [0.29, 0.717) is 27.9 Å². The molecule has 0 unspecified atom stereocenters. The molecule has 0 aliphatic heterocycles. The van der Waals surface area contributed by atoms with Crippen molar-refractivity contribution in [1.82, 2.24) is 20.2 Å². The van der Waals surface area contributed by atoms with Gasteiger partial charge in [0.05, 0.1) is 10.5 Å². The molecular weight excluding hydrogens is 341 g/mol. The molecule has 4 aromatic rings. The first kappa shape index (κ1) is 15.5. The Bertz CT molecular complexity index is 1080. The van der Waals surface area contributed by atoms with Crippen molar-refractivity contribution in [3.05, 3.63) is 65.1 Å². The minimum atomic E-state index is -0.326. The van der Waals surface area contributed by atoms with Gasteiger partial charge in [-0.05, 0) is 37.3 Å². The molecule has 0 saturated carbocycles. The van der Waals surface area contributed by atoms with Gasteiger partial charge in [0, 0.05) is 22.7 Å². The number of aromatic nitrogens is 4. The molecule has 0 bridgehead atoms. The maximum absolute atomic E-state index is 13.5. The van der Waals surface area contributed by atoms with Gasteiger partial charge in [-0.1, -0.05) is 23.7 Å². The highest BCUT2D eigenvalue weighted by molar-refractivity contribution is 6.33. The molecule has 0 aliphatic rings. The molecule has 0 radical (unpaired) electrons. The Balaban J connectivity index is 1.76. The molecular formula is C18H13ClFN5. The van der Waals surface area contributed by atoms with Crippen molar-refractivity contribution >= 4 is 34.1 Å². The van der Waals surface area contributed by atoms with Crippen molar-refractivity contribution in [3.8, 4) is 11.4 Å². The summed E-state index contributed by atoms with van der Waals surface area (Å²) in [6.07, 6.45) is 0. The first-order valence-electron chi connectivity index (χ1n) is 7.61. The smallest absolute Gasteiger partial charge is 0.163 e. The van der Waals surface area contributed by atoms with Crippen molar-refractivity contribution < 1.29 is 4.39 Å². The molecule has 4 rings (SSSR count). The van der Waals surface area contributed by atoms with Crippen LogP contribution >= 0.6 is 11.6 Å². The molecule has 2 N–H and O–H groups in total. The van der Waals surface area contributed by atoms with E-state index in [1.54, 1.807) is 18.2 Å². The molecule has 0 aliphatic carbocycles. The zero-order valence-electron chi connectivity index (χ0n) is 13.2. The van der Waals surface area contributed by atoms with Gasteiger partial charge in [-0.15, -0.1) is 0 Å². The lowest BCUT2D eigenvalue weighted by Gasteiger charge is -2.08. The summed E-state index contributed by atoms with van der Waals surface area (Å²) >= 11 is 6.24. The van der Waals surface area contributed by atoms with Crippen molar-refractivity contribution in [2.24, 2.45) is 0 Å². The van der Waals surface area contributed by atoms with Gasteiger partial charge in [0.1, 0.15) is 11.6 Å². The van der Waals surface area contributed by atoms with Gasteiger partial charge in [0.2, 0.25) is 0 Å². The minimum absolute atomic E-state index is 0.326. The Kier molecular flexibility index (Phi) is 3.82. The Hall–Kier alpha value is -2.99. The van der Waals surface area contributed by atoms with E-state index in [2.05, 4.69) is 25.5 Å². The molecule has 0 saturated heterocycles. The molecule has 0 atom stereocenters. The van der Waals surface area contributed by atoms with Crippen LogP contribution in [0.1, 0.15) is 5.69 Å². The highest BCUT2D eigenvalue weighted by atomic mass is 35.5. The Labute approximate surface area is 147 Å². The standard InChI is InChI=1S/C18H13ClFN5/c1-10-8-16(22-17(21-10)12-4-2-3-5-14(12)19)23-18-13-9-11(20)6-7-15(13)24-25-18/h2-9H,1H3,(H2,21,22,23,24,25). The monoisotopic (exact) mass is 353 g/mol. The van der Waals surface area contributed by atoms with Crippen LogP contribution in [0.3, 0.4) is 0 Å². The Morgan fingerprint density at radius 3 is 2.76 bits per heavy atom. The number of benzene rings is 2. The molecule has 2 heterocycles. The lowest BCUT2D eigenvalue weighted by molar-refractivity contribution is 0.630. The second-order valence-corrected chi connectivity index (χ2v) is 5.99. The molecule has 0 amide bonds. The van der Waals surface area contributed by atoms with E-state index in [1.165, 1.54) is 12.1 Å². The first-order chi connectivity index (χ1) is 12.1. The maximum atomic E-state index is 13.5. The predicted octanol–water partition coefficient (Wildman–Crippen LogP) is 4.86. The van der Waals surface area contributed by atoms with E-state index in [9.17, 15) is 4.39 Å². The third-order valence-corrected chi connectivity index (χ3v) is 4.07. The molecule has 2 aromatic carbocycles. The van der Waals surface area contributed by atoms with Crippen LogP contribution < -0.4 is 5.32 Å². The van der Waals surface area contributed by atoms with Gasteiger partial charge in [-0.3, -0.25) is 5.10 Å². The van der Waals surface area contributed by atoms with Crippen LogP contribution in [0.15, 0.2) is 48.5 Å². The van der Waals surface area contributed by atoms with E-state index in [4.69, 9.17) is 11.6 Å². The zero-order valence-corrected chi connectivity index (χ0v) is 14.0. The number of fused-ring (bicyclic) bond motifs is 1. The van der Waals surface area contributed by atoms with Crippen LogP contribution in [0, 0.1) is 12.7 Å². The van der Waals surface area contributed by atoms with Gasteiger partial charge >= 0.3 is 0 Å². The number of hydrogen-bond donors (Lipinski definition) is 2. The van der Waals surface area contributed by atoms with E-state index in [-0.39, 0.29) is 5.82 Å². The summed E-state index contributed by atoms with van der Waals surface area (Å²) in [5.74, 6) is 1.24. The number of nitrogens with one attached hydrogen (secondary N) is 2. The van der Waals surface area contributed by atoms with E-state index >= 15 is 0 Å². The summed E-state index contributed by atoms with van der Waals surface area (Å²) in [5, 5.41) is 11.4. The van der Waals surface area contributed by atoms with Gasteiger partial charge in [-0.2, -0.15) is 5.10 Å². The van der Waals surface area contributed by atoms with Crippen molar-refractivity contribution in [2.45, 2.75) is 6.92 Å². The molecule has 5 nitrogen and oxygen atoms in total. The topological polar surface area (TPSA) is 66.5 Å². The molecule has 25 heavy (non-hydrogen) atoms. The quantitative estimate of drug-likeness (QED) is 0.551. The number of nitrogens with zero attached hydrogens (tertiary/aromatic N) is 3. The van der Waals surface area contributed by atoms with Crippen molar-refractivity contribution in [3.63, 3.8) is 0 Å². The highest BCUT2D eigenvalue weighted by Gasteiger charge is 2.11. The molecule has 124 valence electrons. The third kappa shape index (κ3) is 3.04. The highest BCUT2D eigenvalue weighted by Crippen LogP contribution is 2.28. The summed E-state index contributed by atoms with van der Waals surface area (Å²) < 4.78 is 13.5. The summed E-state index contributed by atoms with van der Waals surface area (Å²) in [5.41, 5.74) is 2.26. The third-order valence-electron chi connectivity index (χ3n) is 3.74. The molecule has 0 spiro atoms. The Morgan fingerprint density at radius 2 is 1.92 bits per heavy atom. The summed E-state index contributed by atoms with van der Waals surface area (Å²) in [4.78, 5) is 8.96. The lowest BCUT2D eigenvalue weighted by atomic mass is 10.2. The number of anilines is 2. The fourth-order valence-corrected chi connectivity index (χ4v) is 2.82. The summed E-state index contributed by atoms with van der Waals surface area (Å²) in [6, 6.07) is 13.6. The maximum Gasteiger partial charge on any atom is 0.163 e. The normalized spacial score (nSPS) is 11.0. The lowest BCUT2D eigenvalue weighted by Crippen LogP contribution is -2.00. The first-order valence-corrected chi connectivity index (χ1v) is 7.99. The van der Waals surface area contributed by atoms with Crippen LogP contribution in [0.4, 0.5) is 16.0 Å². The SMILES string of the molecule is Cc1cc(Nc2n[nH]c3ccc(F)cc23)nc(-c2ccccc2Cl)n1. The number of H-pyrrole nitrogens is 1. The van der Waals surface area contributed by atoms with Crippen LogP contribution in [0.25, 0.3) is 22.3 Å². The predicted molar refractivity (Wildman–Crippen MR) is 96.5 cm³/mol. The number of aromatic amines is 1. The molecule has 0 fully saturated rings. The van der Waals surface area contributed by atoms with E-state index in [0.717, 1.165) is 16.8 Å². The van der Waals surface area contributed by atoms with Gasteiger partial charge in [0.15, 0.2) is 11.6 Å². The average Bonchev–Trinajstić information content (AvgIpc) is 2.97. The zero-order chi connectivity index (χ0) is 17.4. The summed E-state index contributed by atoms with van der Waals surface area (Å²) in [7, 11) is 0. The number of hydrogen-bond acceptors (Lipinski definition) is 4. The minimum Gasteiger partial charge on any atom is -0.323 e.